The summed E-state index contributed by atoms with van der Waals surface area (Å²) in [7, 11) is 0. The second-order valence-electron chi connectivity index (χ2n) is 6.19. The molecule has 3 N–H and O–H groups in total. The maximum absolute atomic E-state index is 6.25. The molecule has 3 aromatic rings. The van der Waals surface area contributed by atoms with E-state index in [0.29, 0.717) is 6.04 Å². The van der Waals surface area contributed by atoms with E-state index in [4.69, 9.17) is 5.73 Å². The summed E-state index contributed by atoms with van der Waals surface area (Å²) in [5, 5.41) is 3.59. The van der Waals surface area contributed by atoms with E-state index in [2.05, 4.69) is 72.1 Å². The van der Waals surface area contributed by atoms with E-state index < -0.39 is 0 Å². The molecule has 0 saturated heterocycles. The van der Waals surface area contributed by atoms with Gasteiger partial charge in [-0.05, 0) is 40.8 Å². The van der Waals surface area contributed by atoms with Crippen molar-refractivity contribution in [3.05, 3.63) is 95.1 Å². The van der Waals surface area contributed by atoms with Gasteiger partial charge in [-0.1, -0.05) is 72.8 Å². The minimum absolute atomic E-state index is 0.328. The molecular formula is C22H20N2. The molecule has 0 aromatic heterocycles. The molecule has 0 radical (unpaired) electrons. The van der Waals surface area contributed by atoms with Crippen LogP contribution in [0.15, 0.2) is 72.8 Å². The van der Waals surface area contributed by atoms with Gasteiger partial charge in [0.05, 0.1) is 6.04 Å². The van der Waals surface area contributed by atoms with E-state index >= 15 is 0 Å². The Labute approximate surface area is 142 Å². The molecule has 3 aromatic carbocycles. The van der Waals surface area contributed by atoms with E-state index in [1.54, 1.807) is 0 Å². The summed E-state index contributed by atoms with van der Waals surface area (Å²) < 4.78 is 0. The Balaban J connectivity index is 1.60. The number of benzene rings is 3. The van der Waals surface area contributed by atoms with Gasteiger partial charge in [-0.15, -0.1) is 0 Å². The van der Waals surface area contributed by atoms with Gasteiger partial charge < -0.3 is 11.1 Å². The van der Waals surface area contributed by atoms with E-state index in [9.17, 15) is 0 Å². The van der Waals surface area contributed by atoms with Gasteiger partial charge in [0.25, 0.3) is 0 Å². The number of anilines is 2. The molecule has 1 atom stereocenters. The summed E-state index contributed by atoms with van der Waals surface area (Å²) in [4.78, 5) is 0. The Morgan fingerprint density at radius 1 is 0.875 bits per heavy atom. The Morgan fingerprint density at radius 2 is 1.58 bits per heavy atom. The van der Waals surface area contributed by atoms with Crippen molar-refractivity contribution in [2.45, 2.75) is 12.5 Å². The summed E-state index contributed by atoms with van der Waals surface area (Å²) in [6, 6.07) is 25.4. The number of nitrogen functional groups attached to an aromatic ring is 1. The number of rotatable bonds is 3. The predicted molar refractivity (Wildman–Crippen MR) is 103 cm³/mol. The second kappa shape index (κ2) is 6.25. The molecule has 24 heavy (non-hydrogen) atoms. The topological polar surface area (TPSA) is 38.0 Å². The van der Waals surface area contributed by atoms with Crippen LogP contribution in [0.5, 0.6) is 0 Å². The summed E-state index contributed by atoms with van der Waals surface area (Å²) in [5.74, 6) is 0. The summed E-state index contributed by atoms with van der Waals surface area (Å²) >= 11 is 0. The normalized spacial score (nSPS) is 16.1. The minimum atomic E-state index is 0.328. The highest BCUT2D eigenvalue weighted by Gasteiger charge is 2.22. The van der Waals surface area contributed by atoms with Gasteiger partial charge in [-0.3, -0.25) is 0 Å². The third-order valence-corrected chi connectivity index (χ3v) is 4.52. The van der Waals surface area contributed by atoms with E-state index in [1.807, 2.05) is 18.2 Å². The maximum atomic E-state index is 6.25. The van der Waals surface area contributed by atoms with E-state index in [0.717, 1.165) is 23.4 Å². The number of nitrogens with one attached hydrogen (secondary N) is 1. The quantitative estimate of drug-likeness (QED) is 0.518. The first-order valence-electron chi connectivity index (χ1n) is 8.26. The Morgan fingerprint density at radius 3 is 2.33 bits per heavy atom. The minimum Gasteiger partial charge on any atom is -0.398 e. The number of hydrogen-bond donors (Lipinski definition) is 2. The van der Waals surface area contributed by atoms with Crippen LogP contribution in [0.2, 0.25) is 0 Å². The lowest BCUT2D eigenvalue weighted by atomic mass is 10.0. The molecule has 0 saturated carbocycles. The van der Waals surface area contributed by atoms with Gasteiger partial charge in [-0.25, -0.2) is 0 Å². The summed E-state index contributed by atoms with van der Waals surface area (Å²) in [5.41, 5.74) is 13.1. The van der Waals surface area contributed by atoms with E-state index in [1.165, 1.54) is 16.7 Å². The highest BCUT2D eigenvalue weighted by molar-refractivity contribution is 5.79. The van der Waals surface area contributed by atoms with Crippen molar-refractivity contribution in [2.75, 3.05) is 11.1 Å². The monoisotopic (exact) mass is 312 g/mol. The highest BCUT2D eigenvalue weighted by Crippen LogP contribution is 2.37. The zero-order chi connectivity index (χ0) is 16.4. The lowest BCUT2D eigenvalue weighted by molar-refractivity contribution is 0.824. The third kappa shape index (κ3) is 2.91. The first kappa shape index (κ1) is 14.6. The predicted octanol–water partition coefficient (Wildman–Crippen LogP) is 5.15. The fourth-order valence-electron chi connectivity index (χ4n) is 3.22. The van der Waals surface area contributed by atoms with Crippen LogP contribution in [-0.4, -0.2) is 0 Å². The van der Waals surface area contributed by atoms with Crippen LogP contribution < -0.4 is 11.1 Å². The average molecular weight is 312 g/mol. The maximum Gasteiger partial charge on any atom is 0.0555 e. The number of hydrogen-bond acceptors (Lipinski definition) is 2. The molecule has 0 unspecified atom stereocenters. The third-order valence-electron chi connectivity index (χ3n) is 4.52. The molecule has 0 amide bonds. The number of fused-ring (bicyclic) bond motifs is 1. The molecule has 118 valence electrons. The molecule has 0 spiro atoms. The van der Waals surface area contributed by atoms with Crippen LogP contribution in [0.25, 0.3) is 12.2 Å². The van der Waals surface area contributed by atoms with Crippen LogP contribution >= 0.6 is 0 Å². The Hall–Kier alpha value is -3.00. The smallest absolute Gasteiger partial charge is 0.0555 e. The van der Waals surface area contributed by atoms with Gasteiger partial charge in [0.2, 0.25) is 0 Å². The summed E-state index contributed by atoms with van der Waals surface area (Å²) in [6.07, 6.45) is 5.20. The van der Waals surface area contributed by atoms with Crippen molar-refractivity contribution in [2.24, 2.45) is 0 Å². The summed E-state index contributed by atoms with van der Waals surface area (Å²) in [6.45, 7) is 0. The van der Waals surface area contributed by atoms with Crippen molar-refractivity contribution < 1.29 is 0 Å². The lowest BCUT2D eigenvalue weighted by Crippen LogP contribution is -2.04. The van der Waals surface area contributed by atoms with Crippen LogP contribution in [0.3, 0.4) is 0 Å². The fourth-order valence-corrected chi connectivity index (χ4v) is 3.22. The van der Waals surface area contributed by atoms with Crippen molar-refractivity contribution in [1.29, 1.82) is 0 Å². The second-order valence-corrected chi connectivity index (χ2v) is 6.19. The SMILES string of the molecule is Nc1cc2c(cc1/C=C\c1ccccc1)C[C@H](c1ccccc1)N2. The van der Waals surface area contributed by atoms with Crippen molar-refractivity contribution >= 4 is 23.5 Å². The molecule has 0 fully saturated rings. The lowest BCUT2D eigenvalue weighted by Gasteiger charge is -2.11. The van der Waals surface area contributed by atoms with Crippen LogP contribution in [-0.2, 0) is 6.42 Å². The van der Waals surface area contributed by atoms with Crippen LogP contribution in [0, 0.1) is 0 Å². The molecule has 0 aliphatic carbocycles. The Kier molecular flexibility index (Phi) is 3.80. The molecule has 0 bridgehead atoms. The van der Waals surface area contributed by atoms with Crippen LogP contribution in [0.4, 0.5) is 11.4 Å². The van der Waals surface area contributed by atoms with Gasteiger partial charge in [-0.2, -0.15) is 0 Å². The highest BCUT2D eigenvalue weighted by atomic mass is 15.0. The molecule has 2 nitrogen and oxygen atoms in total. The number of nitrogens with two attached hydrogens (primary N) is 1. The fraction of sp³-hybridized carbons (Fsp3) is 0.0909. The first-order valence-corrected chi connectivity index (χ1v) is 8.26. The first-order chi connectivity index (χ1) is 11.8. The van der Waals surface area contributed by atoms with Crippen LogP contribution in [0.1, 0.15) is 28.3 Å². The molecule has 2 heteroatoms. The molecule has 1 aliphatic heterocycles. The zero-order valence-electron chi connectivity index (χ0n) is 13.4. The molecule has 1 aliphatic rings. The molecule has 4 rings (SSSR count). The van der Waals surface area contributed by atoms with Crippen molar-refractivity contribution in [3.63, 3.8) is 0 Å². The van der Waals surface area contributed by atoms with E-state index in [-0.39, 0.29) is 0 Å². The molecular weight excluding hydrogens is 292 g/mol. The molecule has 1 heterocycles. The van der Waals surface area contributed by atoms with Crippen molar-refractivity contribution in [1.82, 2.24) is 0 Å². The van der Waals surface area contributed by atoms with Gasteiger partial charge in [0, 0.05) is 11.4 Å². The average Bonchev–Trinajstić information content (AvgIpc) is 3.04. The van der Waals surface area contributed by atoms with Gasteiger partial charge in [0.15, 0.2) is 0 Å². The largest absolute Gasteiger partial charge is 0.398 e. The van der Waals surface area contributed by atoms with Crippen molar-refractivity contribution in [3.8, 4) is 0 Å². The Bertz CT molecular complexity index is 867. The standard InChI is InChI=1S/C22H20N2/c23-20-15-22-19(14-21(24-22)17-9-5-2-6-10-17)13-18(20)12-11-16-7-3-1-4-8-16/h1-13,15,21,24H,14,23H2/b12-11-/t21-/m1/s1. The van der Waals surface area contributed by atoms with Gasteiger partial charge >= 0.3 is 0 Å². The van der Waals surface area contributed by atoms with Gasteiger partial charge in [0.1, 0.15) is 0 Å². The zero-order valence-corrected chi connectivity index (χ0v) is 13.4.